The molecule has 0 aromatic carbocycles. The highest BCUT2D eigenvalue weighted by Gasteiger charge is 2.65. The maximum atomic E-state index is 11.9. The first-order valence-corrected chi connectivity index (χ1v) is 11.7. The van der Waals surface area contributed by atoms with Crippen molar-refractivity contribution in [2.45, 2.75) is 65.1 Å². The maximum Gasteiger partial charge on any atom is 0.265 e. The molecule has 5 rings (SSSR count). The van der Waals surface area contributed by atoms with Gasteiger partial charge in [-0.25, -0.2) is 0 Å². The van der Waals surface area contributed by atoms with Crippen molar-refractivity contribution in [2.24, 2.45) is 28.4 Å². The number of nitrogens with two attached hydrogens (primary N) is 1. The molecule has 3 aliphatic heterocycles. The molecule has 0 aromatic heterocycles. The molecule has 4 bridgehead atoms. The van der Waals surface area contributed by atoms with Gasteiger partial charge in [0.1, 0.15) is 5.78 Å². The summed E-state index contributed by atoms with van der Waals surface area (Å²) < 4.78 is 31.0. The van der Waals surface area contributed by atoms with E-state index in [1.807, 2.05) is 13.8 Å². The Labute approximate surface area is 167 Å². The number of rotatable bonds is 3. The van der Waals surface area contributed by atoms with Crippen molar-refractivity contribution in [3.8, 4) is 0 Å². The number of hydrogen-bond acceptors (Lipinski definition) is 6. The molecular formula is C19H33N3O5S. The number of piperidine rings is 3. The van der Waals surface area contributed by atoms with Crippen molar-refractivity contribution in [1.29, 1.82) is 0 Å². The van der Waals surface area contributed by atoms with Gasteiger partial charge in [0.2, 0.25) is 5.91 Å². The first kappa shape index (κ1) is 21.7. The highest BCUT2D eigenvalue weighted by atomic mass is 32.2. The SMILES string of the molecule is CC(=O)NC1C2CCN(CC2)C1N.CC1(C)C2CCC1(CS(=O)(=O)O)C(=O)C2. The molecule has 3 saturated heterocycles. The monoisotopic (exact) mass is 415 g/mol. The number of carbonyl (C=O) groups is 2. The van der Waals surface area contributed by atoms with Gasteiger partial charge in [-0.3, -0.25) is 19.0 Å². The normalized spacial score (nSPS) is 40.8. The van der Waals surface area contributed by atoms with Crippen molar-refractivity contribution in [3.05, 3.63) is 0 Å². The Morgan fingerprint density at radius 3 is 2.29 bits per heavy atom. The summed E-state index contributed by atoms with van der Waals surface area (Å²) in [6.07, 6.45) is 4.37. The van der Waals surface area contributed by atoms with Gasteiger partial charge >= 0.3 is 0 Å². The number of nitrogens with one attached hydrogen (secondary N) is 1. The lowest BCUT2D eigenvalue weighted by molar-refractivity contribution is -0.128. The Balaban J connectivity index is 0.000000162. The first-order chi connectivity index (χ1) is 12.9. The fourth-order valence-corrected chi connectivity index (χ4v) is 7.24. The molecule has 2 aliphatic carbocycles. The van der Waals surface area contributed by atoms with E-state index in [1.165, 1.54) is 12.8 Å². The molecule has 1 amide bonds. The van der Waals surface area contributed by atoms with Gasteiger partial charge in [-0.05, 0) is 42.9 Å². The summed E-state index contributed by atoms with van der Waals surface area (Å²) in [6.45, 7) is 7.65. The molecule has 5 aliphatic rings. The Kier molecular flexibility index (Phi) is 5.68. The van der Waals surface area contributed by atoms with Gasteiger partial charge < -0.3 is 11.1 Å². The summed E-state index contributed by atoms with van der Waals surface area (Å²) in [7, 11) is -4.08. The van der Waals surface area contributed by atoms with Crippen molar-refractivity contribution in [2.75, 3.05) is 18.8 Å². The molecule has 3 heterocycles. The number of hydrogen-bond donors (Lipinski definition) is 3. The molecule has 9 heteroatoms. The molecule has 4 unspecified atom stereocenters. The zero-order valence-electron chi connectivity index (χ0n) is 17.0. The van der Waals surface area contributed by atoms with Crippen LogP contribution in [0.2, 0.25) is 0 Å². The minimum absolute atomic E-state index is 0.0152. The average molecular weight is 416 g/mol. The summed E-state index contributed by atoms with van der Waals surface area (Å²) in [4.78, 5) is 25.1. The van der Waals surface area contributed by atoms with Crippen LogP contribution < -0.4 is 11.1 Å². The second kappa shape index (κ2) is 7.34. The van der Waals surface area contributed by atoms with Gasteiger partial charge in [-0.1, -0.05) is 13.8 Å². The highest BCUT2D eigenvalue weighted by molar-refractivity contribution is 7.85. The predicted molar refractivity (Wildman–Crippen MR) is 105 cm³/mol. The van der Waals surface area contributed by atoms with Crippen LogP contribution >= 0.6 is 0 Å². The van der Waals surface area contributed by atoms with Crippen LogP contribution in [0.3, 0.4) is 0 Å². The van der Waals surface area contributed by atoms with E-state index in [-0.39, 0.29) is 35.2 Å². The minimum Gasteiger partial charge on any atom is -0.350 e. The van der Waals surface area contributed by atoms with Crippen LogP contribution in [0.4, 0.5) is 0 Å². The number of carbonyl (C=O) groups excluding carboxylic acids is 2. The van der Waals surface area contributed by atoms with E-state index in [0.29, 0.717) is 18.8 Å². The zero-order valence-corrected chi connectivity index (χ0v) is 17.8. The lowest BCUT2D eigenvalue weighted by Crippen LogP contribution is -2.66. The van der Waals surface area contributed by atoms with E-state index in [2.05, 4.69) is 10.2 Å². The Hall–Kier alpha value is -1.03. The Morgan fingerprint density at radius 1 is 1.29 bits per heavy atom. The quantitative estimate of drug-likeness (QED) is 0.581. The van der Waals surface area contributed by atoms with Gasteiger partial charge in [0, 0.05) is 26.4 Å². The summed E-state index contributed by atoms with van der Waals surface area (Å²) in [5.74, 6) is 0.536. The Morgan fingerprint density at radius 2 is 1.89 bits per heavy atom. The average Bonchev–Trinajstić information content (AvgIpc) is 2.91. The molecule has 4 N–H and O–H groups in total. The van der Waals surface area contributed by atoms with Crippen LogP contribution in [0.5, 0.6) is 0 Å². The lowest BCUT2D eigenvalue weighted by atomic mass is 9.70. The van der Waals surface area contributed by atoms with Crippen molar-refractivity contribution in [1.82, 2.24) is 10.2 Å². The molecule has 0 spiro atoms. The van der Waals surface area contributed by atoms with E-state index >= 15 is 0 Å². The summed E-state index contributed by atoms with van der Waals surface area (Å²) in [5, 5.41) is 2.96. The number of ketones is 1. The number of Topliss-reactive ketones (excluding diaryl/α,β-unsaturated/α-hetero) is 1. The maximum absolute atomic E-state index is 11.9. The number of fused-ring (bicyclic) bond motifs is 5. The van der Waals surface area contributed by atoms with E-state index in [0.717, 1.165) is 19.5 Å². The summed E-state index contributed by atoms with van der Waals surface area (Å²) in [6, 6.07) is 0.181. The predicted octanol–water partition coefficient (Wildman–Crippen LogP) is 0.771. The third kappa shape index (κ3) is 3.74. The van der Waals surface area contributed by atoms with E-state index in [9.17, 15) is 18.0 Å². The van der Waals surface area contributed by atoms with Gasteiger partial charge in [0.05, 0.1) is 23.4 Å². The molecule has 28 heavy (non-hydrogen) atoms. The van der Waals surface area contributed by atoms with Crippen molar-refractivity contribution >= 4 is 21.8 Å². The summed E-state index contributed by atoms with van der Waals surface area (Å²) >= 11 is 0. The molecule has 4 atom stereocenters. The third-order valence-electron chi connectivity index (χ3n) is 7.81. The minimum atomic E-state index is -4.08. The molecular weight excluding hydrogens is 382 g/mol. The Bertz CT molecular complexity index is 743. The van der Waals surface area contributed by atoms with Crippen LogP contribution in [0.1, 0.15) is 52.9 Å². The second-order valence-corrected chi connectivity index (χ2v) is 10.9. The smallest absolute Gasteiger partial charge is 0.265 e. The highest BCUT2D eigenvalue weighted by Crippen LogP contribution is 2.64. The van der Waals surface area contributed by atoms with Crippen LogP contribution in [0, 0.1) is 22.7 Å². The molecule has 0 aromatic rings. The van der Waals surface area contributed by atoms with Crippen molar-refractivity contribution in [3.63, 3.8) is 0 Å². The molecule has 8 nitrogen and oxygen atoms in total. The van der Waals surface area contributed by atoms with Crippen LogP contribution in [-0.2, 0) is 19.7 Å². The number of amides is 1. The third-order valence-corrected chi connectivity index (χ3v) is 8.67. The van der Waals surface area contributed by atoms with E-state index in [4.69, 9.17) is 10.3 Å². The first-order valence-electron chi connectivity index (χ1n) is 10.1. The molecule has 5 fully saturated rings. The van der Waals surface area contributed by atoms with Gasteiger partial charge in [0.15, 0.2) is 0 Å². The lowest BCUT2D eigenvalue weighted by Gasteiger charge is -2.49. The van der Waals surface area contributed by atoms with Gasteiger partial charge in [-0.2, -0.15) is 8.42 Å². The van der Waals surface area contributed by atoms with Crippen molar-refractivity contribution < 1.29 is 22.6 Å². The van der Waals surface area contributed by atoms with E-state index in [1.54, 1.807) is 6.92 Å². The fraction of sp³-hybridized carbons (Fsp3) is 0.895. The molecule has 160 valence electrons. The van der Waals surface area contributed by atoms with Gasteiger partial charge in [-0.15, -0.1) is 0 Å². The fourth-order valence-electron chi connectivity index (χ4n) is 5.94. The zero-order chi connectivity index (χ0) is 20.9. The summed E-state index contributed by atoms with van der Waals surface area (Å²) in [5.41, 5.74) is 4.90. The van der Waals surface area contributed by atoms with Crippen LogP contribution in [-0.4, -0.2) is 60.6 Å². The molecule has 2 saturated carbocycles. The number of nitrogens with zero attached hydrogens (tertiary/aromatic N) is 1. The second-order valence-electron chi connectivity index (χ2n) is 9.48. The standard InChI is InChI=1S/C10H16O4S.C9H17N3O/c1-9(2)7-3-4-10(9,8(11)5-7)6-15(12,13)14;1-6(13)11-8-7-2-4-12(5-3-7)9(8)10/h7H,3-6H2,1-2H3,(H,12,13,14);7-9H,2-5,10H2,1H3,(H,11,13). The molecule has 0 radical (unpaired) electrons. The van der Waals surface area contributed by atoms with E-state index < -0.39 is 21.3 Å². The van der Waals surface area contributed by atoms with Crippen LogP contribution in [0.25, 0.3) is 0 Å². The topological polar surface area (TPSA) is 130 Å². The van der Waals surface area contributed by atoms with Crippen LogP contribution in [0.15, 0.2) is 0 Å². The van der Waals surface area contributed by atoms with Gasteiger partial charge in [0.25, 0.3) is 10.1 Å². The largest absolute Gasteiger partial charge is 0.350 e.